The Hall–Kier alpha value is -4.22. The van der Waals surface area contributed by atoms with Gasteiger partial charge in [0.1, 0.15) is 41.0 Å². The monoisotopic (exact) mass is 645 g/mol. The number of nitrogens with zero attached hydrogens (tertiary/aromatic N) is 3. The van der Waals surface area contributed by atoms with Crippen LogP contribution in [0.1, 0.15) is 78.7 Å². The van der Waals surface area contributed by atoms with Crippen molar-refractivity contribution in [1.82, 2.24) is 19.9 Å². The Labute approximate surface area is 269 Å². The molecule has 238 valence electrons. The minimum absolute atomic E-state index is 0.0325. The van der Waals surface area contributed by atoms with E-state index in [1.54, 1.807) is 35.7 Å². The Morgan fingerprint density at radius 2 is 1.96 bits per heavy atom. The molecule has 0 radical (unpaired) electrons. The van der Waals surface area contributed by atoms with E-state index in [1.165, 1.54) is 12.1 Å². The number of carbonyl (C=O) groups is 2. The summed E-state index contributed by atoms with van der Waals surface area (Å²) in [5.41, 5.74) is 6.46. The predicted molar refractivity (Wildman–Crippen MR) is 166 cm³/mol. The van der Waals surface area contributed by atoms with Gasteiger partial charge in [-0.2, -0.15) is 5.10 Å². The van der Waals surface area contributed by atoms with Gasteiger partial charge < -0.3 is 25.6 Å². The quantitative estimate of drug-likeness (QED) is 0.226. The van der Waals surface area contributed by atoms with Gasteiger partial charge in [0.25, 0.3) is 5.91 Å². The van der Waals surface area contributed by atoms with E-state index in [-0.39, 0.29) is 53.2 Å². The topological polar surface area (TPSA) is 141 Å². The van der Waals surface area contributed by atoms with Crippen LogP contribution in [0.25, 0.3) is 16.8 Å². The first-order chi connectivity index (χ1) is 22.0. The van der Waals surface area contributed by atoms with Crippen molar-refractivity contribution in [3.63, 3.8) is 0 Å². The first-order valence-corrected chi connectivity index (χ1v) is 16.1. The molecule has 4 aliphatic rings. The van der Waals surface area contributed by atoms with Gasteiger partial charge in [0, 0.05) is 28.7 Å². The smallest absolute Gasteiger partial charge is 0.251 e. The number of nitrogens with two attached hydrogens (primary N) is 1. The number of aliphatic hydroxyl groups is 1. The zero-order valence-electron chi connectivity index (χ0n) is 25.2. The van der Waals surface area contributed by atoms with Gasteiger partial charge in [0.2, 0.25) is 11.8 Å². The molecule has 2 atom stereocenters. The number of pyridine rings is 2. The van der Waals surface area contributed by atoms with Crippen LogP contribution in [0.5, 0.6) is 11.6 Å². The molecule has 0 saturated heterocycles. The van der Waals surface area contributed by atoms with Crippen molar-refractivity contribution < 1.29 is 28.6 Å². The molecule has 12 heteroatoms. The Morgan fingerprint density at radius 1 is 1.17 bits per heavy atom. The normalized spacial score (nSPS) is 21.8. The van der Waals surface area contributed by atoms with Gasteiger partial charge >= 0.3 is 0 Å². The van der Waals surface area contributed by atoms with Crippen molar-refractivity contribution in [3.8, 4) is 22.9 Å². The summed E-state index contributed by atoms with van der Waals surface area (Å²) in [7, 11) is 0. The summed E-state index contributed by atoms with van der Waals surface area (Å²) < 4.78 is 28.4. The van der Waals surface area contributed by atoms with Crippen LogP contribution in [0.4, 0.5) is 4.39 Å². The van der Waals surface area contributed by atoms with E-state index in [2.05, 4.69) is 5.32 Å². The highest BCUT2D eigenvalue weighted by Gasteiger charge is 2.50. The first-order valence-electron chi connectivity index (χ1n) is 15.7. The lowest BCUT2D eigenvalue weighted by Gasteiger charge is -2.30. The molecule has 4 heterocycles. The standard InChI is InChI=1S/C34H33ClFN5O5/c1-33(32(37)43)16-45-30-23(33)14-27(39-29(30)18-4-9-24(35)25(36)11-18)34(44,20-5-6-20)15-38-31(42)19-10-21-13-26(17-2-3-17)40-41(21)28(12-19)46-22-7-8-22/h4,9-14,17,20,22,44H,2-3,5-8,15-16H2,1H3,(H2,37,43)(H,38,42)/t33-,34+/m0/s1. The lowest BCUT2D eigenvalue weighted by atomic mass is 9.81. The maximum atomic E-state index is 14.6. The van der Waals surface area contributed by atoms with Crippen molar-refractivity contribution in [1.29, 1.82) is 0 Å². The molecular formula is C34H33ClFN5O5. The van der Waals surface area contributed by atoms with Gasteiger partial charge in [-0.25, -0.2) is 13.9 Å². The molecule has 1 aliphatic heterocycles. The molecule has 1 aromatic carbocycles. The van der Waals surface area contributed by atoms with Crippen LogP contribution in [0.2, 0.25) is 5.02 Å². The molecule has 4 aromatic rings. The van der Waals surface area contributed by atoms with Gasteiger partial charge in [-0.15, -0.1) is 0 Å². The largest absolute Gasteiger partial charge is 0.489 e. The maximum Gasteiger partial charge on any atom is 0.251 e. The lowest BCUT2D eigenvalue weighted by molar-refractivity contribution is -0.123. The van der Waals surface area contributed by atoms with Crippen LogP contribution in [0, 0.1) is 11.7 Å². The number of ether oxygens (including phenoxy) is 2. The third-order valence-electron chi connectivity index (χ3n) is 9.64. The highest BCUT2D eigenvalue weighted by molar-refractivity contribution is 6.30. The second kappa shape index (κ2) is 10.4. The molecule has 0 spiro atoms. The second-order valence-electron chi connectivity index (χ2n) is 13.3. The summed E-state index contributed by atoms with van der Waals surface area (Å²) in [6, 6.07) is 11.3. The number of primary amides is 1. The molecule has 3 fully saturated rings. The lowest BCUT2D eigenvalue weighted by Crippen LogP contribution is -2.44. The molecule has 4 N–H and O–H groups in total. The fraction of sp³-hybridized carbons (Fsp3) is 0.412. The summed E-state index contributed by atoms with van der Waals surface area (Å²) in [6.07, 6.45) is 5.66. The fourth-order valence-electron chi connectivity index (χ4n) is 6.21. The molecule has 3 saturated carbocycles. The van der Waals surface area contributed by atoms with E-state index in [0.29, 0.717) is 41.3 Å². The number of fused-ring (bicyclic) bond motifs is 2. The molecule has 3 aromatic heterocycles. The van der Waals surface area contributed by atoms with Gasteiger partial charge in [-0.05, 0) is 81.7 Å². The van der Waals surface area contributed by atoms with Crippen molar-refractivity contribution >= 4 is 28.9 Å². The fourth-order valence-corrected chi connectivity index (χ4v) is 6.33. The van der Waals surface area contributed by atoms with Crippen LogP contribution < -0.4 is 20.5 Å². The SMILES string of the molecule is C[C@]1(C(N)=O)COc2c1cc([C@@](O)(CNC(=O)c1cc(OC3CC3)n3nc(C4CC4)cc3c1)C1CC1)nc2-c1ccc(Cl)c(F)c1. The third kappa shape index (κ3) is 4.96. The Bertz CT molecular complexity index is 1940. The van der Waals surface area contributed by atoms with Crippen LogP contribution in [-0.4, -0.2) is 50.8 Å². The molecule has 3 aliphatic carbocycles. The predicted octanol–water partition coefficient (Wildman–Crippen LogP) is 4.77. The van der Waals surface area contributed by atoms with Crippen LogP contribution in [0.3, 0.4) is 0 Å². The summed E-state index contributed by atoms with van der Waals surface area (Å²) >= 11 is 5.95. The van der Waals surface area contributed by atoms with Gasteiger partial charge in [-0.3, -0.25) is 9.59 Å². The number of aromatic nitrogens is 3. The van der Waals surface area contributed by atoms with E-state index in [0.717, 1.165) is 36.9 Å². The molecule has 2 amide bonds. The highest BCUT2D eigenvalue weighted by Crippen LogP contribution is 2.50. The van der Waals surface area contributed by atoms with Crippen LogP contribution in [0.15, 0.2) is 42.5 Å². The van der Waals surface area contributed by atoms with E-state index < -0.39 is 22.7 Å². The van der Waals surface area contributed by atoms with Crippen LogP contribution in [-0.2, 0) is 15.8 Å². The number of benzene rings is 1. The minimum Gasteiger partial charge on any atom is -0.489 e. The summed E-state index contributed by atoms with van der Waals surface area (Å²) in [6.45, 7) is 1.48. The molecule has 0 bridgehead atoms. The van der Waals surface area contributed by atoms with Crippen molar-refractivity contribution in [2.75, 3.05) is 13.2 Å². The van der Waals surface area contributed by atoms with E-state index in [9.17, 15) is 19.1 Å². The Morgan fingerprint density at radius 3 is 2.63 bits per heavy atom. The summed E-state index contributed by atoms with van der Waals surface area (Å²) in [4.78, 5) is 31.1. The molecule has 46 heavy (non-hydrogen) atoms. The van der Waals surface area contributed by atoms with Crippen molar-refractivity contribution in [2.24, 2.45) is 11.7 Å². The average Bonchev–Trinajstić information content (AvgIpc) is 3.92. The number of amides is 2. The van der Waals surface area contributed by atoms with E-state index >= 15 is 0 Å². The Kier molecular flexibility index (Phi) is 6.60. The zero-order valence-corrected chi connectivity index (χ0v) is 25.9. The third-order valence-corrected chi connectivity index (χ3v) is 9.95. The van der Waals surface area contributed by atoms with E-state index in [1.807, 2.05) is 6.07 Å². The maximum absolute atomic E-state index is 14.6. The first kappa shape index (κ1) is 29.2. The van der Waals surface area contributed by atoms with Gasteiger partial charge in [-0.1, -0.05) is 17.7 Å². The molecule has 8 rings (SSSR count). The minimum atomic E-state index is -1.60. The number of hydrogen-bond donors (Lipinski definition) is 3. The second-order valence-corrected chi connectivity index (χ2v) is 13.7. The highest BCUT2D eigenvalue weighted by atomic mass is 35.5. The number of hydrogen-bond acceptors (Lipinski definition) is 7. The summed E-state index contributed by atoms with van der Waals surface area (Å²) in [5.74, 6) is -0.605. The number of halogens is 2. The molecule has 10 nitrogen and oxygen atoms in total. The molecule has 0 unspecified atom stereocenters. The number of rotatable bonds is 10. The average molecular weight is 646 g/mol. The van der Waals surface area contributed by atoms with Crippen molar-refractivity contribution in [2.45, 2.75) is 68.5 Å². The zero-order chi connectivity index (χ0) is 32.0. The van der Waals surface area contributed by atoms with Crippen LogP contribution >= 0.6 is 11.6 Å². The number of carbonyl (C=O) groups excluding carboxylic acids is 2. The molecular weight excluding hydrogens is 613 g/mol. The van der Waals surface area contributed by atoms with Gasteiger partial charge in [0.05, 0.1) is 28.5 Å². The van der Waals surface area contributed by atoms with Gasteiger partial charge in [0.15, 0.2) is 0 Å². The van der Waals surface area contributed by atoms with E-state index in [4.69, 9.17) is 36.9 Å². The summed E-state index contributed by atoms with van der Waals surface area (Å²) in [5, 5.41) is 19.9. The Balaban J connectivity index is 1.15. The number of nitrogens with one attached hydrogen (secondary N) is 1. The van der Waals surface area contributed by atoms with Crippen molar-refractivity contribution in [3.05, 3.63) is 75.8 Å².